The smallest absolute Gasteiger partial charge is 0.313 e. The van der Waals surface area contributed by atoms with Gasteiger partial charge in [-0.1, -0.05) is 19.3 Å². The van der Waals surface area contributed by atoms with E-state index in [9.17, 15) is 9.59 Å². The number of nitrogens with one attached hydrogen (secondary N) is 2. The summed E-state index contributed by atoms with van der Waals surface area (Å²) < 4.78 is 5.34. The van der Waals surface area contributed by atoms with Gasteiger partial charge in [0, 0.05) is 24.2 Å². The molecule has 1 aliphatic carbocycles. The fourth-order valence-electron chi connectivity index (χ4n) is 2.80. The number of amides is 2. The lowest BCUT2D eigenvalue weighted by atomic mass is 9.95. The van der Waals surface area contributed by atoms with E-state index in [0.29, 0.717) is 17.5 Å². The molecule has 3 rings (SSSR count). The summed E-state index contributed by atoms with van der Waals surface area (Å²) in [6.45, 7) is 1.72. The van der Waals surface area contributed by atoms with Crippen LogP contribution in [-0.4, -0.2) is 28.1 Å². The van der Waals surface area contributed by atoms with E-state index in [4.69, 9.17) is 4.42 Å². The summed E-state index contributed by atoms with van der Waals surface area (Å²) in [5.41, 5.74) is 1.29. The van der Waals surface area contributed by atoms with Gasteiger partial charge in [-0.3, -0.25) is 9.59 Å². The van der Waals surface area contributed by atoms with Crippen molar-refractivity contribution in [3.8, 4) is 11.5 Å². The van der Waals surface area contributed by atoms with Crippen molar-refractivity contribution in [2.75, 3.05) is 5.32 Å². The lowest BCUT2D eigenvalue weighted by Crippen LogP contribution is -2.42. The largest absolute Gasteiger partial charge is 0.421 e. The number of aryl methyl sites for hydroxylation is 1. The summed E-state index contributed by atoms with van der Waals surface area (Å²) in [6, 6.07) is 7.00. The second-order valence-electron chi connectivity index (χ2n) is 5.97. The van der Waals surface area contributed by atoms with Crippen molar-refractivity contribution in [2.45, 2.75) is 45.1 Å². The molecule has 1 heterocycles. The van der Waals surface area contributed by atoms with E-state index < -0.39 is 11.8 Å². The third-order valence-corrected chi connectivity index (χ3v) is 4.06. The molecule has 0 saturated heterocycles. The first-order chi connectivity index (χ1) is 11.6. The normalized spacial score (nSPS) is 15.0. The number of carbonyl (C=O) groups is 2. The Labute approximate surface area is 139 Å². The van der Waals surface area contributed by atoms with Crippen LogP contribution >= 0.6 is 0 Å². The third kappa shape index (κ3) is 3.98. The third-order valence-electron chi connectivity index (χ3n) is 4.06. The minimum atomic E-state index is -0.651. The Balaban J connectivity index is 1.56. The molecule has 0 atom stereocenters. The summed E-state index contributed by atoms with van der Waals surface area (Å²) in [5.74, 6) is -0.331. The maximum Gasteiger partial charge on any atom is 0.313 e. The number of hydrogen-bond donors (Lipinski definition) is 2. The standard InChI is InChI=1S/C17H20N4O3/c1-11-20-21-17(24-11)12-7-9-14(10-8-12)19-16(23)15(22)18-13-5-3-2-4-6-13/h7-10,13H,2-6H2,1H3,(H,18,22)(H,19,23). The Morgan fingerprint density at radius 1 is 1.04 bits per heavy atom. The van der Waals surface area contributed by atoms with Gasteiger partial charge < -0.3 is 15.1 Å². The number of rotatable bonds is 3. The molecular weight excluding hydrogens is 308 g/mol. The number of hydrogen-bond acceptors (Lipinski definition) is 5. The van der Waals surface area contributed by atoms with Gasteiger partial charge in [0.1, 0.15) is 0 Å². The number of anilines is 1. The number of carbonyl (C=O) groups excluding carboxylic acids is 2. The van der Waals surface area contributed by atoms with E-state index in [1.165, 1.54) is 6.42 Å². The summed E-state index contributed by atoms with van der Waals surface area (Å²) in [4.78, 5) is 23.9. The fraction of sp³-hybridized carbons (Fsp3) is 0.412. The first-order valence-electron chi connectivity index (χ1n) is 8.14. The fourth-order valence-corrected chi connectivity index (χ4v) is 2.80. The SMILES string of the molecule is Cc1nnc(-c2ccc(NC(=O)C(=O)NC3CCCCC3)cc2)o1. The van der Waals surface area contributed by atoms with Gasteiger partial charge >= 0.3 is 11.8 Å². The maximum absolute atomic E-state index is 12.0. The molecule has 0 unspecified atom stereocenters. The highest BCUT2D eigenvalue weighted by Gasteiger charge is 2.20. The minimum Gasteiger partial charge on any atom is -0.421 e. The van der Waals surface area contributed by atoms with Crippen LogP contribution in [0.25, 0.3) is 11.5 Å². The Bertz CT molecular complexity index is 718. The second-order valence-corrected chi connectivity index (χ2v) is 5.97. The topological polar surface area (TPSA) is 97.1 Å². The first-order valence-corrected chi connectivity index (χ1v) is 8.14. The quantitative estimate of drug-likeness (QED) is 0.843. The maximum atomic E-state index is 12.0. The highest BCUT2D eigenvalue weighted by Crippen LogP contribution is 2.20. The monoisotopic (exact) mass is 328 g/mol. The molecule has 1 saturated carbocycles. The van der Waals surface area contributed by atoms with Crippen LogP contribution in [0, 0.1) is 6.92 Å². The minimum absolute atomic E-state index is 0.111. The molecule has 1 fully saturated rings. The van der Waals surface area contributed by atoms with Crippen LogP contribution in [0.3, 0.4) is 0 Å². The van der Waals surface area contributed by atoms with Crippen LogP contribution < -0.4 is 10.6 Å². The van der Waals surface area contributed by atoms with E-state index in [1.54, 1.807) is 31.2 Å². The molecule has 7 heteroatoms. The predicted octanol–water partition coefficient (Wildman–Crippen LogP) is 2.43. The van der Waals surface area contributed by atoms with Gasteiger partial charge in [0.05, 0.1) is 0 Å². The van der Waals surface area contributed by atoms with Gasteiger partial charge in [-0.15, -0.1) is 10.2 Å². The molecule has 24 heavy (non-hydrogen) atoms. The van der Waals surface area contributed by atoms with Crippen LogP contribution in [0.4, 0.5) is 5.69 Å². The van der Waals surface area contributed by atoms with E-state index in [2.05, 4.69) is 20.8 Å². The molecule has 0 aliphatic heterocycles. The molecule has 126 valence electrons. The average Bonchev–Trinajstić information content (AvgIpc) is 3.03. The number of aromatic nitrogens is 2. The summed E-state index contributed by atoms with van der Waals surface area (Å²) in [7, 11) is 0. The van der Waals surface area contributed by atoms with Crippen molar-refractivity contribution < 1.29 is 14.0 Å². The van der Waals surface area contributed by atoms with E-state index in [-0.39, 0.29) is 6.04 Å². The molecule has 2 N–H and O–H groups in total. The van der Waals surface area contributed by atoms with E-state index in [0.717, 1.165) is 31.2 Å². The molecule has 1 aliphatic rings. The van der Waals surface area contributed by atoms with Crippen LogP contribution in [0.15, 0.2) is 28.7 Å². The van der Waals surface area contributed by atoms with Crippen molar-refractivity contribution in [3.05, 3.63) is 30.2 Å². The van der Waals surface area contributed by atoms with Crippen molar-refractivity contribution in [2.24, 2.45) is 0 Å². The van der Waals surface area contributed by atoms with Crippen LogP contribution in [-0.2, 0) is 9.59 Å². The zero-order valence-corrected chi connectivity index (χ0v) is 13.5. The molecule has 0 bridgehead atoms. The lowest BCUT2D eigenvalue weighted by Gasteiger charge is -2.22. The van der Waals surface area contributed by atoms with Crippen LogP contribution in [0.2, 0.25) is 0 Å². The van der Waals surface area contributed by atoms with Gasteiger partial charge in [-0.25, -0.2) is 0 Å². The van der Waals surface area contributed by atoms with Crippen molar-refractivity contribution in [3.63, 3.8) is 0 Å². The van der Waals surface area contributed by atoms with Gasteiger partial charge in [0.25, 0.3) is 0 Å². The zero-order chi connectivity index (χ0) is 16.9. The summed E-state index contributed by atoms with van der Waals surface area (Å²) in [5, 5.41) is 13.1. The first kappa shape index (κ1) is 16.2. The molecule has 1 aromatic heterocycles. The molecule has 7 nitrogen and oxygen atoms in total. The van der Waals surface area contributed by atoms with Crippen molar-refractivity contribution in [1.29, 1.82) is 0 Å². The second kappa shape index (κ2) is 7.25. The summed E-state index contributed by atoms with van der Waals surface area (Å²) >= 11 is 0. The van der Waals surface area contributed by atoms with Crippen LogP contribution in [0.1, 0.15) is 38.0 Å². The lowest BCUT2D eigenvalue weighted by molar-refractivity contribution is -0.136. The molecule has 0 radical (unpaired) electrons. The average molecular weight is 328 g/mol. The van der Waals surface area contributed by atoms with Gasteiger partial charge in [0.15, 0.2) is 0 Å². The van der Waals surface area contributed by atoms with E-state index >= 15 is 0 Å². The van der Waals surface area contributed by atoms with E-state index in [1.807, 2.05) is 0 Å². The highest BCUT2D eigenvalue weighted by atomic mass is 16.4. The highest BCUT2D eigenvalue weighted by molar-refractivity contribution is 6.39. The number of nitrogens with zero attached hydrogens (tertiary/aromatic N) is 2. The Morgan fingerprint density at radius 3 is 2.38 bits per heavy atom. The zero-order valence-electron chi connectivity index (χ0n) is 13.5. The molecule has 0 spiro atoms. The summed E-state index contributed by atoms with van der Waals surface area (Å²) in [6.07, 6.45) is 5.28. The Hall–Kier alpha value is -2.70. The van der Waals surface area contributed by atoms with Crippen LogP contribution in [0.5, 0.6) is 0 Å². The Kier molecular flexibility index (Phi) is 4.88. The van der Waals surface area contributed by atoms with Gasteiger partial charge in [-0.2, -0.15) is 0 Å². The molecule has 1 aromatic carbocycles. The number of benzene rings is 1. The van der Waals surface area contributed by atoms with Gasteiger partial charge in [-0.05, 0) is 37.1 Å². The Morgan fingerprint density at radius 2 is 1.75 bits per heavy atom. The van der Waals surface area contributed by atoms with Crippen molar-refractivity contribution in [1.82, 2.24) is 15.5 Å². The molecule has 2 amide bonds. The molecular formula is C17H20N4O3. The molecule has 2 aromatic rings. The van der Waals surface area contributed by atoms with Gasteiger partial charge in [0.2, 0.25) is 11.8 Å². The van der Waals surface area contributed by atoms with Crippen molar-refractivity contribution >= 4 is 17.5 Å². The predicted molar refractivity (Wildman–Crippen MR) is 88.1 cm³/mol.